The second kappa shape index (κ2) is 8.36. The largest absolute Gasteiger partial charge is 0.416 e. The lowest BCUT2D eigenvalue weighted by atomic mass is 10.0. The van der Waals surface area contributed by atoms with Gasteiger partial charge in [0.05, 0.1) is 11.6 Å². The van der Waals surface area contributed by atoms with Gasteiger partial charge in [0.2, 0.25) is 5.91 Å². The maximum atomic E-state index is 12.7. The van der Waals surface area contributed by atoms with Crippen molar-refractivity contribution >= 4 is 5.91 Å². The van der Waals surface area contributed by atoms with Gasteiger partial charge in [-0.2, -0.15) is 13.2 Å². The number of rotatable bonds is 6. The quantitative estimate of drug-likeness (QED) is 0.790. The Morgan fingerprint density at radius 3 is 2.00 bits per heavy atom. The topological polar surface area (TPSA) is 41.1 Å². The maximum Gasteiger partial charge on any atom is 0.416 e. The van der Waals surface area contributed by atoms with E-state index in [4.69, 9.17) is 0 Å². The average Bonchev–Trinajstić information content (AvgIpc) is 2.61. The number of nitrogens with one attached hydrogen (secondary N) is 2. The van der Waals surface area contributed by atoms with Crippen LogP contribution in [0.25, 0.3) is 0 Å². The second-order valence-corrected chi connectivity index (χ2v) is 6.22. The molecule has 6 heteroatoms. The van der Waals surface area contributed by atoms with E-state index in [9.17, 15) is 18.0 Å². The van der Waals surface area contributed by atoms with E-state index >= 15 is 0 Å². The van der Waals surface area contributed by atoms with Crippen LogP contribution in [-0.4, -0.2) is 13.0 Å². The number of amides is 1. The molecule has 0 aliphatic carbocycles. The third kappa shape index (κ3) is 4.85. The SMILES string of the molecule is CCC(NC(=O)C(NC)c1ccc(C(F)(F)F)cc1)c1ccc(C)cc1. The van der Waals surface area contributed by atoms with Crippen LogP contribution in [0.5, 0.6) is 0 Å². The first-order chi connectivity index (χ1) is 12.3. The molecular formula is C20H23F3N2O. The summed E-state index contributed by atoms with van der Waals surface area (Å²) in [6.45, 7) is 3.96. The smallest absolute Gasteiger partial charge is 0.348 e. The lowest BCUT2D eigenvalue weighted by molar-refractivity contribution is -0.137. The minimum atomic E-state index is -4.39. The molecule has 0 aromatic heterocycles. The summed E-state index contributed by atoms with van der Waals surface area (Å²) in [4.78, 5) is 12.7. The van der Waals surface area contributed by atoms with Crippen molar-refractivity contribution in [3.8, 4) is 0 Å². The predicted octanol–water partition coefficient (Wildman–Crippen LogP) is 4.54. The Morgan fingerprint density at radius 2 is 1.54 bits per heavy atom. The molecule has 0 bridgehead atoms. The van der Waals surface area contributed by atoms with Crippen molar-refractivity contribution in [2.24, 2.45) is 0 Å². The van der Waals surface area contributed by atoms with Gasteiger partial charge in [-0.05, 0) is 43.7 Å². The first kappa shape index (κ1) is 20.0. The normalized spacial score (nSPS) is 13.9. The summed E-state index contributed by atoms with van der Waals surface area (Å²) in [6, 6.07) is 11.7. The number of hydrogen-bond donors (Lipinski definition) is 2. The fourth-order valence-electron chi connectivity index (χ4n) is 2.79. The molecule has 2 aromatic rings. The minimum absolute atomic E-state index is 0.159. The lowest BCUT2D eigenvalue weighted by Crippen LogP contribution is -2.38. The highest BCUT2D eigenvalue weighted by molar-refractivity contribution is 5.83. The van der Waals surface area contributed by atoms with Crippen molar-refractivity contribution in [2.75, 3.05) is 7.05 Å². The Kier molecular flexibility index (Phi) is 6.42. The number of carbonyl (C=O) groups is 1. The zero-order chi connectivity index (χ0) is 19.3. The third-order valence-electron chi connectivity index (χ3n) is 4.33. The highest BCUT2D eigenvalue weighted by Crippen LogP contribution is 2.30. The van der Waals surface area contributed by atoms with Gasteiger partial charge < -0.3 is 10.6 Å². The number of likely N-dealkylation sites (N-methyl/N-ethyl adjacent to an activating group) is 1. The van der Waals surface area contributed by atoms with Gasteiger partial charge in [-0.1, -0.05) is 48.9 Å². The van der Waals surface area contributed by atoms with Gasteiger partial charge >= 0.3 is 6.18 Å². The highest BCUT2D eigenvalue weighted by Gasteiger charge is 2.30. The molecule has 0 radical (unpaired) electrons. The van der Waals surface area contributed by atoms with Gasteiger partial charge in [-0.15, -0.1) is 0 Å². The molecule has 2 rings (SSSR count). The minimum Gasteiger partial charge on any atom is -0.348 e. The number of halogens is 3. The molecular weight excluding hydrogens is 341 g/mol. The number of benzene rings is 2. The Hall–Kier alpha value is -2.34. The van der Waals surface area contributed by atoms with E-state index in [0.29, 0.717) is 12.0 Å². The third-order valence-corrected chi connectivity index (χ3v) is 4.33. The predicted molar refractivity (Wildman–Crippen MR) is 95.6 cm³/mol. The van der Waals surface area contributed by atoms with E-state index < -0.39 is 17.8 Å². The van der Waals surface area contributed by atoms with Gasteiger partial charge in [0.15, 0.2) is 0 Å². The fourth-order valence-corrected chi connectivity index (χ4v) is 2.79. The molecule has 2 atom stereocenters. The molecule has 0 saturated carbocycles. The van der Waals surface area contributed by atoms with Crippen LogP contribution in [0.3, 0.4) is 0 Å². The van der Waals surface area contributed by atoms with Crippen molar-refractivity contribution in [2.45, 2.75) is 38.5 Å². The summed E-state index contributed by atoms with van der Waals surface area (Å²) in [7, 11) is 1.61. The standard InChI is InChI=1S/C20H23F3N2O/c1-4-17(14-7-5-13(2)6-8-14)25-19(26)18(24-3)15-9-11-16(12-10-15)20(21,22)23/h5-12,17-18,24H,4H2,1-3H3,(H,25,26). The molecule has 2 N–H and O–H groups in total. The monoisotopic (exact) mass is 364 g/mol. The zero-order valence-electron chi connectivity index (χ0n) is 15.0. The first-order valence-electron chi connectivity index (χ1n) is 8.47. The molecule has 0 aliphatic rings. The van der Waals surface area contributed by atoms with E-state index in [1.807, 2.05) is 38.1 Å². The summed E-state index contributed by atoms with van der Waals surface area (Å²) in [5.74, 6) is -0.278. The number of hydrogen-bond acceptors (Lipinski definition) is 2. The van der Waals surface area contributed by atoms with Gasteiger partial charge in [0.1, 0.15) is 6.04 Å². The van der Waals surface area contributed by atoms with Gasteiger partial charge in [0.25, 0.3) is 0 Å². The van der Waals surface area contributed by atoms with Crippen LogP contribution in [0.1, 0.15) is 47.7 Å². The lowest BCUT2D eigenvalue weighted by Gasteiger charge is -2.22. The van der Waals surface area contributed by atoms with E-state index in [0.717, 1.165) is 23.3 Å². The van der Waals surface area contributed by atoms with Gasteiger partial charge in [0, 0.05) is 0 Å². The Labute approximate surface area is 151 Å². The summed E-state index contributed by atoms with van der Waals surface area (Å²) in [5.41, 5.74) is 1.88. The molecule has 0 saturated heterocycles. The summed E-state index contributed by atoms with van der Waals surface area (Å²) >= 11 is 0. The summed E-state index contributed by atoms with van der Waals surface area (Å²) in [5, 5.41) is 5.85. The van der Waals surface area contributed by atoms with E-state index in [2.05, 4.69) is 10.6 Å². The van der Waals surface area contributed by atoms with E-state index in [1.165, 1.54) is 12.1 Å². The van der Waals surface area contributed by atoms with Crippen molar-refractivity contribution in [3.63, 3.8) is 0 Å². The van der Waals surface area contributed by atoms with Crippen LogP contribution >= 0.6 is 0 Å². The molecule has 2 aromatic carbocycles. The number of aryl methyl sites for hydroxylation is 1. The highest BCUT2D eigenvalue weighted by atomic mass is 19.4. The molecule has 26 heavy (non-hydrogen) atoms. The molecule has 3 nitrogen and oxygen atoms in total. The van der Waals surface area contributed by atoms with Crippen LogP contribution in [-0.2, 0) is 11.0 Å². The van der Waals surface area contributed by atoms with Crippen molar-refractivity contribution in [1.29, 1.82) is 0 Å². The second-order valence-electron chi connectivity index (χ2n) is 6.22. The Morgan fingerprint density at radius 1 is 1.00 bits per heavy atom. The zero-order valence-corrected chi connectivity index (χ0v) is 15.0. The summed E-state index contributed by atoms with van der Waals surface area (Å²) < 4.78 is 38.1. The number of carbonyl (C=O) groups excluding carboxylic acids is 1. The fraction of sp³-hybridized carbons (Fsp3) is 0.350. The average molecular weight is 364 g/mol. The van der Waals surface area contributed by atoms with Crippen molar-refractivity contribution < 1.29 is 18.0 Å². The van der Waals surface area contributed by atoms with Crippen molar-refractivity contribution in [1.82, 2.24) is 10.6 Å². The first-order valence-corrected chi connectivity index (χ1v) is 8.47. The van der Waals surface area contributed by atoms with E-state index in [-0.39, 0.29) is 11.9 Å². The molecule has 0 spiro atoms. The molecule has 0 aliphatic heterocycles. The van der Waals surface area contributed by atoms with Crippen LogP contribution in [0.15, 0.2) is 48.5 Å². The van der Waals surface area contributed by atoms with Gasteiger partial charge in [-0.25, -0.2) is 0 Å². The van der Waals surface area contributed by atoms with Crippen LogP contribution in [0.4, 0.5) is 13.2 Å². The van der Waals surface area contributed by atoms with Crippen molar-refractivity contribution in [3.05, 3.63) is 70.8 Å². The molecule has 140 valence electrons. The Balaban J connectivity index is 2.15. The molecule has 2 unspecified atom stereocenters. The van der Waals surface area contributed by atoms with E-state index in [1.54, 1.807) is 7.05 Å². The number of alkyl halides is 3. The molecule has 0 heterocycles. The van der Waals surface area contributed by atoms with Crippen LogP contribution < -0.4 is 10.6 Å². The van der Waals surface area contributed by atoms with Gasteiger partial charge in [-0.3, -0.25) is 4.79 Å². The van der Waals surface area contributed by atoms with Crippen LogP contribution in [0, 0.1) is 6.92 Å². The molecule has 0 fully saturated rings. The Bertz CT molecular complexity index is 724. The molecule has 1 amide bonds. The summed E-state index contributed by atoms with van der Waals surface area (Å²) in [6.07, 6.45) is -3.69. The maximum absolute atomic E-state index is 12.7. The van der Waals surface area contributed by atoms with Crippen LogP contribution in [0.2, 0.25) is 0 Å².